The van der Waals surface area contributed by atoms with E-state index < -0.39 is 23.0 Å². The Balaban J connectivity index is 2.59. The number of aryl methyl sites for hydroxylation is 2. The minimum atomic E-state index is -0.816. The van der Waals surface area contributed by atoms with Crippen LogP contribution in [0, 0.1) is 25.5 Å². The number of benzene rings is 1. The van der Waals surface area contributed by atoms with Gasteiger partial charge in [0.2, 0.25) is 0 Å². The highest BCUT2D eigenvalue weighted by Gasteiger charge is 2.22. The van der Waals surface area contributed by atoms with Gasteiger partial charge in [-0.15, -0.1) is 0 Å². The molecule has 1 aromatic carbocycles. The van der Waals surface area contributed by atoms with Gasteiger partial charge in [0.15, 0.2) is 5.78 Å². The van der Waals surface area contributed by atoms with E-state index in [2.05, 4.69) is 0 Å². The second-order valence-corrected chi connectivity index (χ2v) is 4.59. The molecule has 1 nitrogen and oxygen atoms in total. The Kier molecular flexibility index (Phi) is 3.07. The summed E-state index contributed by atoms with van der Waals surface area (Å²) in [6.07, 6.45) is 0. The number of hydrogen-bond acceptors (Lipinski definition) is 2. The molecule has 0 aliphatic heterocycles. The molecule has 0 spiro atoms. The normalized spacial score (nSPS) is 10.6. The highest BCUT2D eigenvalue weighted by molar-refractivity contribution is 7.08. The van der Waals surface area contributed by atoms with Crippen LogP contribution in [0.2, 0.25) is 0 Å². The molecule has 2 rings (SSSR count). The molecular weight excluding hydrogens is 242 g/mol. The van der Waals surface area contributed by atoms with Gasteiger partial charge in [-0.3, -0.25) is 4.79 Å². The Morgan fingerprint density at radius 2 is 1.82 bits per heavy atom. The molecule has 0 atom stereocenters. The molecule has 0 bridgehead atoms. The molecule has 0 radical (unpaired) electrons. The van der Waals surface area contributed by atoms with Crippen molar-refractivity contribution < 1.29 is 13.6 Å². The number of ketones is 1. The topological polar surface area (TPSA) is 17.1 Å². The van der Waals surface area contributed by atoms with E-state index in [1.807, 2.05) is 0 Å². The maximum absolute atomic E-state index is 13.8. The highest BCUT2D eigenvalue weighted by atomic mass is 32.1. The van der Waals surface area contributed by atoms with Crippen molar-refractivity contribution in [2.75, 3.05) is 0 Å². The minimum absolute atomic E-state index is 0.266. The lowest BCUT2D eigenvalue weighted by molar-refractivity contribution is 0.103. The quantitative estimate of drug-likeness (QED) is 0.741. The predicted molar refractivity (Wildman–Crippen MR) is 63.6 cm³/mol. The predicted octanol–water partition coefficient (Wildman–Crippen LogP) is 3.87. The standard InChI is InChI=1S/C13H10F2OS/c1-7-3-4-10(14)11(12(7)15)13(16)9-6-17-5-8(9)2/h3-6H,1-2H3. The average Bonchev–Trinajstić information content (AvgIpc) is 2.70. The van der Waals surface area contributed by atoms with Crippen molar-refractivity contribution in [2.45, 2.75) is 13.8 Å². The van der Waals surface area contributed by atoms with Crippen LogP contribution >= 0.6 is 11.3 Å². The van der Waals surface area contributed by atoms with Crippen molar-refractivity contribution in [2.24, 2.45) is 0 Å². The molecule has 0 N–H and O–H groups in total. The molecule has 0 aliphatic rings. The van der Waals surface area contributed by atoms with Gasteiger partial charge in [0.25, 0.3) is 0 Å². The lowest BCUT2D eigenvalue weighted by Crippen LogP contribution is -2.09. The Labute approximate surface area is 102 Å². The molecule has 0 aliphatic carbocycles. The molecule has 1 aromatic heterocycles. The molecule has 0 saturated carbocycles. The van der Waals surface area contributed by atoms with Crippen molar-refractivity contribution >= 4 is 17.1 Å². The van der Waals surface area contributed by atoms with Crippen LogP contribution in [0.4, 0.5) is 8.78 Å². The first-order chi connectivity index (χ1) is 8.02. The van der Waals surface area contributed by atoms with Crippen LogP contribution in [0.25, 0.3) is 0 Å². The molecule has 0 saturated heterocycles. The van der Waals surface area contributed by atoms with Gasteiger partial charge in [-0.1, -0.05) is 6.07 Å². The zero-order valence-electron chi connectivity index (χ0n) is 9.38. The van der Waals surface area contributed by atoms with Gasteiger partial charge in [0, 0.05) is 10.9 Å². The van der Waals surface area contributed by atoms with Crippen molar-refractivity contribution in [3.8, 4) is 0 Å². The summed E-state index contributed by atoms with van der Waals surface area (Å²) in [4.78, 5) is 12.0. The van der Waals surface area contributed by atoms with Gasteiger partial charge in [0.05, 0.1) is 5.56 Å². The smallest absolute Gasteiger partial charge is 0.200 e. The minimum Gasteiger partial charge on any atom is -0.288 e. The number of rotatable bonds is 2. The summed E-state index contributed by atoms with van der Waals surface area (Å²) >= 11 is 1.34. The lowest BCUT2D eigenvalue weighted by Gasteiger charge is -2.06. The average molecular weight is 252 g/mol. The van der Waals surface area contributed by atoms with Crippen molar-refractivity contribution in [3.63, 3.8) is 0 Å². The van der Waals surface area contributed by atoms with E-state index in [-0.39, 0.29) is 5.56 Å². The number of carbonyl (C=O) groups excluding carboxylic acids is 1. The first kappa shape index (κ1) is 11.9. The molecule has 2 aromatic rings. The monoisotopic (exact) mass is 252 g/mol. The maximum Gasteiger partial charge on any atom is 0.200 e. The molecule has 1 heterocycles. The molecule has 0 amide bonds. The molecule has 4 heteroatoms. The third kappa shape index (κ3) is 2.00. The summed E-state index contributed by atoms with van der Waals surface area (Å²) in [6, 6.07) is 2.44. The molecule has 0 unspecified atom stereocenters. The Morgan fingerprint density at radius 3 is 2.41 bits per heavy atom. The van der Waals surface area contributed by atoms with E-state index in [4.69, 9.17) is 0 Å². The fourth-order valence-electron chi connectivity index (χ4n) is 1.59. The van der Waals surface area contributed by atoms with E-state index in [0.29, 0.717) is 5.56 Å². The van der Waals surface area contributed by atoms with E-state index in [1.165, 1.54) is 24.3 Å². The van der Waals surface area contributed by atoms with Crippen LogP contribution in [0.3, 0.4) is 0 Å². The third-order valence-corrected chi connectivity index (χ3v) is 3.47. The van der Waals surface area contributed by atoms with Gasteiger partial charge in [-0.2, -0.15) is 11.3 Å². The van der Waals surface area contributed by atoms with Crippen molar-refractivity contribution in [1.29, 1.82) is 0 Å². The fourth-order valence-corrected chi connectivity index (χ4v) is 2.42. The van der Waals surface area contributed by atoms with Crippen LogP contribution in [0.1, 0.15) is 27.0 Å². The van der Waals surface area contributed by atoms with Crippen LogP contribution < -0.4 is 0 Å². The second-order valence-electron chi connectivity index (χ2n) is 3.85. The van der Waals surface area contributed by atoms with E-state index in [9.17, 15) is 13.6 Å². The SMILES string of the molecule is Cc1cscc1C(=O)c1c(F)ccc(C)c1F. The number of halogens is 2. The summed E-state index contributed by atoms with van der Waals surface area (Å²) < 4.78 is 27.3. The largest absolute Gasteiger partial charge is 0.288 e. The van der Waals surface area contributed by atoms with E-state index in [1.54, 1.807) is 17.7 Å². The summed E-state index contributed by atoms with van der Waals surface area (Å²) in [5.74, 6) is -2.19. The first-order valence-electron chi connectivity index (χ1n) is 5.04. The number of thiophene rings is 1. The molecule has 17 heavy (non-hydrogen) atoms. The van der Waals surface area contributed by atoms with Crippen LogP contribution in [0.5, 0.6) is 0 Å². The highest BCUT2D eigenvalue weighted by Crippen LogP contribution is 2.23. The summed E-state index contributed by atoms with van der Waals surface area (Å²) in [5, 5.41) is 3.39. The van der Waals surface area contributed by atoms with Gasteiger partial charge < -0.3 is 0 Å². The summed E-state index contributed by atoms with van der Waals surface area (Å²) in [6.45, 7) is 3.25. The third-order valence-electron chi connectivity index (χ3n) is 2.61. The molecule has 0 fully saturated rings. The Morgan fingerprint density at radius 1 is 1.12 bits per heavy atom. The van der Waals surface area contributed by atoms with Crippen LogP contribution in [-0.2, 0) is 0 Å². The van der Waals surface area contributed by atoms with Gasteiger partial charge in [-0.05, 0) is 36.4 Å². The van der Waals surface area contributed by atoms with Gasteiger partial charge >= 0.3 is 0 Å². The van der Waals surface area contributed by atoms with E-state index in [0.717, 1.165) is 11.6 Å². The van der Waals surface area contributed by atoms with Gasteiger partial charge in [0.1, 0.15) is 11.6 Å². The zero-order chi connectivity index (χ0) is 12.6. The van der Waals surface area contributed by atoms with E-state index >= 15 is 0 Å². The van der Waals surface area contributed by atoms with Crippen molar-refractivity contribution in [1.82, 2.24) is 0 Å². The zero-order valence-corrected chi connectivity index (χ0v) is 10.2. The first-order valence-corrected chi connectivity index (χ1v) is 5.98. The Hall–Kier alpha value is -1.55. The summed E-state index contributed by atoms with van der Waals surface area (Å²) in [7, 11) is 0. The van der Waals surface area contributed by atoms with Crippen LogP contribution in [0.15, 0.2) is 22.9 Å². The number of carbonyl (C=O) groups is 1. The molecular formula is C13H10F2OS. The fraction of sp³-hybridized carbons (Fsp3) is 0.154. The summed E-state index contributed by atoms with van der Waals surface area (Å²) in [5.41, 5.74) is 0.896. The second kappa shape index (κ2) is 4.37. The van der Waals surface area contributed by atoms with Crippen LogP contribution in [-0.4, -0.2) is 5.78 Å². The lowest BCUT2D eigenvalue weighted by atomic mass is 10.00. The maximum atomic E-state index is 13.8. The Bertz CT molecular complexity index is 587. The van der Waals surface area contributed by atoms with Gasteiger partial charge in [-0.25, -0.2) is 8.78 Å². The van der Waals surface area contributed by atoms with Crippen molar-refractivity contribution in [3.05, 3.63) is 56.8 Å². The molecule has 88 valence electrons. The number of hydrogen-bond donors (Lipinski definition) is 0.